The van der Waals surface area contributed by atoms with E-state index in [2.05, 4.69) is 4.90 Å². The average molecular weight is 320 g/mol. The van der Waals surface area contributed by atoms with E-state index >= 15 is 0 Å². The highest BCUT2D eigenvalue weighted by atomic mass is 35.5. The minimum absolute atomic E-state index is 0.326. The fraction of sp³-hybridized carbons (Fsp3) is 0.471. The number of hydrogen-bond acceptors (Lipinski definition) is 4. The molecule has 2 heterocycles. The van der Waals surface area contributed by atoms with Gasteiger partial charge in [-0.3, -0.25) is 4.90 Å². The molecule has 0 radical (unpaired) electrons. The van der Waals surface area contributed by atoms with E-state index in [9.17, 15) is 4.79 Å². The number of aryl methyl sites for hydroxylation is 1. The Kier molecular flexibility index (Phi) is 3.39. The summed E-state index contributed by atoms with van der Waals surface area (Å²) in [5, 5.41) is 1.48. The molecule has 0 saturated heterocycles. The van der Waals surface area contributed by atoms with Gasteiger partial charge in [-0.25, -0.2) is 4.79 Å². The summed E-state index contributed by atoms with van der Waals surface area (Å²) in [6.45, 7) is 3.18. The first-order valence-electron chi connectivity index (χ1n) is 7.76. The van der Waals surface area contributed by atoms with Gasteiger partial charge in [0.1, 0.15) is 18.1 Å². The summed E-state index contributed by atoms with van der Waals surface area (Å²) in [4.78, 5) is 14.1. The highest BCUT2D eigenvalue weighted by Gasteiger charge is 2.30. The molecule has 0 spiro atoms. The van der Waals surface area contributed by atoms with Crippen LogP contribution in [0.3, 0.4) is 0 Å². The van der Waals surface area contributed by atoms with Crippen LogP contribution in [0.1, 0.15) is 36.8 Å². The Morgan fingerprint density at radius 2 is 2.05 bits per heavy atom. The van der Waals surface area contributed by atoms with Crippen molar-refractivity contribution in [3.63, 3.8) is 0 Å². The van der Waals surface area contributed by atoms with Gasteiger partial charge < -0.3 is 9.15 Å². The Balaban J connectivity index is 1.86. The Labute approximate surface area is 133 Å². The Bertz CT molecular complexity index is 793. The van der Waals surface area contributed by atoms with Crippen LogP contribution in [-0.4, -0.2) is 17.7 Å². The molecule has 1 aromatic heterocycles. The molecular formula is C17H18ClNO3. The number of nitrogens with zero attached hydrogens (tertiary/aromatic N) is 1. The van der Waals surface area contributed by atoms with Crippen molar-refractivity contribution in [3.8, 4) is 5.75 Å². The molecule has 1 aromatic carbocycles. The first kappa shape index (κ1) is 14.1. The smallest absolute Gasteiger partial charge is 0.336 e. The summed E-state index contributed by atoms with van der Waals surface area (Å²) in [5.41, 5.74) is 2.08. The number of ether oxygens (including phenoxy) is 1. The van der Waals surface area contributed by atoms with E-state index in [1.165, 1.54) is 31.7 Å². The number of hydrogen-bond donors (Lipinski definition) is 0. The fourth-order valence-corrected chi connectivity index (χ4v) is 3.94. The van der Waals surface area contributed by atoms with Gasteiger partial charge in [0.25, 0.3) is 0 Å². The van der Waals surface area contributed by atoms with Crippen molar-refractivity contribution < 1.29 is 9.15 Å². The molecule has 0 amide bonds. The molecule has 0 atom stereocenters. The van der Waals surface area contributed by atoms with Crippen molar-refractivity contribution in [1.29, 1.82) is 0 Å². The van der Waals surface area contributed by atoms with Crippen molar-refractivity contribution in [1.82, 2.24) is 4.90 Å². The van der Waals surface area contributed by atoms with Gasteiger partial charge in [-0.15, -0.1) is 0 Å². The van der Waals surface area contributed by atoms with E-state index in [1.807, 2.05) is 13.0 Å². The molecule has 1 aliphatic carbocycles. The Morgan fingerprint density at radius 1 is 1.27 bits per heavy atom. The molecule has 22 heavy (non-hydrogen) atoms. The third kappa shape index (κ3) is 2.22. The first-order valence-corrected chi connectivity index (χ1v) is 8.14. The highest BCUT2D eigenvalue weighted by molar-refractivity contribution is 6.33. The molecule has 4 nitrogen and oxygen atoms in total. The third-order valence-electron chi connectivity index (χ3n) is 4.82. The van der Waals surface area contributed by atoms with Crippen LogP contribution < -0.4 is 10.4 Å². The lowest BCUT2D eigenvalue weighted by molar-refractivity contribution is 0.0582. The zero-order valence-electron chi connectivity index (χ0n) is 12.5. The van der Waals surface area contributed by atoms with Crippen LogP contribution in [0.15, 0.2) is 21.3 Å². The maximum absolute atomic E-state index is 11.8. The summed E-state index contributed by atoms with van der Waals surface area (Å²) in [6.07, 6.45) is 4.97. The molecule has 0 unspecified atom stereocenters. The average Bonchev–Trinajstić information content (AvgIpc) is 3.03. The first-order chi connectivity index (χ1) is 10.6. The lowest BCUT2D eigenvalue weighted by atomic mass is 10.0. The predicted octanol–water partition coefficient (Wildman–Crippen LogP) is 3.85. The van der Waals surface area contributed by atoms with Gasteiger partial charge in [0.05, 0.1) is 10.6 Å². The van der Waals surface area contributed by atoms with Gasteiger partial charge in [0.2, 0.25) is 0 Å². The number of benzene rings is 1. The summed E-state index contributed by atoms with van der Waals surface area (Å²) < 4.78 is 11.4. The molecule has 1 saturated carbocycles. The van der Waals surface area contributed by atoms with E-state index < -0.39 is 0 Å². The second kappa shape index (κ2) is 5.28. The minimum Gasteiger partial charge on any atom is -0.476 e. The topological polar surface area (TPSA) is 42.7 Å². The molecule has 116 valence electrons. The maximum Gasteiger partial charge on any atom is 0.336 e. The van der Waals surface area contributed by atoms with Crippen molar-refractivity contribution >= 4 is 22.6 Å². The van der Waals surface area contributed by atoms with E-state index in [4.69, 9.17) is 20.8 Å². The van der Waals surface area contributed by atoms with Crippen LogP contribution in [0.25, 0.3) is 11.0 Å². The fourth-order valence-electron chi connectivity index (χ4n) is 3.66. The van der Waals surface area contributed by atoms with Crippen LogP contribution in [0.4, 0.5) is 0 Å². The van der Waals surface area contributed by atoms with Crippen LogP contribution in [0, 0.1) is 6.92 Å². The Hall–Kier alpha value is -1.52. The highest BCUT2D eigenvalue weighted by Crippen LogP contribution is 2.40. The molecule has 2 aromatic rings. The van der Waals surface area contributed by atoms with Crippen LogP contribution >= 0.6 is 11.6 Å². The summed E-state index contributed by atoms with van der Waals surface area (Å²) in [5.74, 6) is 0.664. The van der Waals surface area contributed by atoms with E-state index in [1.54, 1.807) is 0 Å². The second-order valence-corrected chi connectivity index (χ2v) is 6.66. The molecular weight excluding hydrogens is 302 g/mol. The predicted molar refractivity (Wildman–Crippen MR) is 85.5 cm³/mol. The number of rotatable bonds is 1. The normalized spacial score (nSPS) is 19.4. The minimum atomic E-state index is -0.326. The van der Waals surface area contributed by atoms with Gasteiger partial charge in [-0.1, -0.05) is 24.4 Å². The largest absolute Gasteiger partial charge is 0.476 e. The molecule has 5 heteroatoms. The zero-order valence-corrected chi connectivity index (χ0v) is 13.3. The Morgan fingerprint density at radius 3 is 2.82 bits per heavy atom. The molecule has 4 rings (SSSR count). The van der Waals surface area contributed by atoms with Gasteiger partial charge in [0, 0.05) is 24.0 Å². The maximum atomic E-state index is 11.8. The lowest BCUT2D eigenvalue weighted by Gasteiger charge is -2.34. The van der Waals surface area contributed by atoms with Crippen molar-refractivity contribution in [2.45, 2.75) is 45.2 Å². The van der Waals surface area contributed by atoms with E-state index in [0.717, 1.165) is 23.1 Å². The monoisotopic (exact) mass is 319 g/mol. The lowest BCUT2D eigenvalue weighted by Crippen LogP contribution is -2.39. The van der Waals surface area contributed by atoms with Crippen LogP contribution in [-0.2, 0) is 6.54 Å². The zero-order chi connectivity index (χ0) is 15.3. The van der Waals surface area contributed by atoms with Gasteiger partial charge in [0.15, 0.2) is 0 Å². The number of fused-ring (bicyclic) bond motifs is 3. The summed E-state index contributed by atoms with van der Waals surface area (Å²) in [6, 6.07) is 3.89. The van der Waals surface area contributed by atoms with Gasteiger partial charge in [-0.2, -0.15) is 0 Å². The molecule has 1 aliphatic heterocycles. The summed E-state index contributed by atoms with van der Waals surface area (Å²) in [7, 11) is 0. The van der Waals surface area contributed by atoms with Crippen LogP contribution in [0.5, 0.6) is 5.75 Å². The van der Waals surface area contributed by atoms with Gasteiger partial charge >= 0.3 is 5.63 Å². The quantitative estimate of drug-likeness (QED) is 0.749. The van der Waals surface area contributed by atoms with E-state index in [-0.39, 0.29) is 5.63 Å². The summed E-state index contributed by atoms with van der Waals surface area (Å²) >= 11 is 6.38. The molecule has 0 N–H and O–H groups in total. The van der Waals surface area contributed by atoms with Crippen LogP contribution in [0.2, 0.25) is 5.02 Å². The number of halogens is 1. The SMILES string of the molecule is Cc1cc(=O)oc2c3c(c(Cl)cc12)OCN(C1CCCC1)C3. The molecule has 1 fully saturated rings. The third-order valence-corrected chi connectivity index (χ3v) is 5.10. The van der Waals surface area contributed by atoms with Crippen molar-refractivity contribution in [2.75, 3.05) is 6.73 Å². The molecule has 0 bridgehead atoms. The molecule has 2 aliphatic rings. The second-order valence-electron chi connectivity index (χ2n) is 6.25. The van der Waals surface area contributed by atoms with E-state index in [0.29, 0.717) is 29.1 Å². The van der Waals surface area contributed by atoms with Crippen molar-refractivity contribution in [2.24, 2.45) is 0 Å². The van der Waals surface area contributed by atoms with Gasteiger partial charge in [-0.05, 0) is 31.4 Å². The standard InChI is InChI=1S/C17H18ClNO3/c1-10-6-15(20)22-16-12(10)7-14(18)17-13(16)8-19(9-21-17)11-4-2-3-5-11/h6-7,11H,2-5,8-9H2,1H3. The van der Waals surface area contributed by atoms with Crippen molar-refractivity contribution in [3.05, 3.63) is 38.7 Å².